The quantitative estimate of drug-likeness (QED) is 0.689. The summed E-state index contributed by atoms with van der Waals surface area (Å²) in [6.07, 6.45) is 2.32. The summed E-state index contributed by atoms with van der Waals surface area (Å²) in [4.78, 5) is 32.4. The van der Waals surface area contributed by atoms with Gasteiger partial charge in [-0.2, -0.15) is 0 Å². The van der Waals surface area contributed by atoms with Gasteiger partial charge in [-0.25, -0.2) is 0 Å². The molecular weight excluding hydrogens is 374 g/mol. The van der Waals surface area contributed by atoms with Crippen LogP contribution in [0.5, 0.6) is 0 Å². The van der Waals surface area contributed by atoms with Gasteiger partial charge in [0.25, 0.3) is 0 Å². The Hall–Kier alpha value is -3.47. The van der Waals surface area contributed by atoms with Crippen molar-refractivity contribution in [3.05, 3.63) is 95.3 Å². The number of nitrogens with zero attached hydrogens (tertiary/aromatic N) is 2. The molecule has 0 saturated heterocycles. The second kappa shape index (κ2) is 8.11. The first-order valence-corrected chi connectivity index (χ1v) is 10.1. The highest BCUT2D eigenvalue weighted by Crippen LogP contribution is 2.45. The average molecular weight is 399 g/mol. The average Bonchev–Trinajstić information content (AvgIpc) is 2.95. The van der Waals surface area contributed by atoms with Gasteiger partial charge in [0, 0.05) is 37.6 Å². The maximum Gasteiger partial charge on any atom is 0.238 e. The molecule has 0 fully saturated rings. The number of likely N-dealkylation sites (N-methyl/N-ethyl adjacent to an activating group) is 1. The molecule has 4 rings (SSSR count). The molecule has 1 aromatic heterocycles. The van der Waals surface area contributed by atoms with Gasteiger partial charge in [0.05, 0.1) is 5.41 Å². The topological polar surface area (TPSA) is 62.3 Å². The smallest absolute Gasteiger partial charge is 0.238 e. The van der Waals surface area contributed by atoms with Crippen molar-refractivity contribution >= 4 is 17.5 Å². The van der Waals surface area contributed by atoms with Gasteiger partial charge in [-0.3, -0.25) is 14.6 Å². The Kier molecular flexibility index (Phi) is 5.36. The van der Waals surface area contributed by atoms with Crippen LogP contribution in [0.4, 0.5) is 5.69 Å². The Labute approximate surface area is 176 Å². The molecule has 2 heterocycles. The van der Waals surface area contributed by atoms with E-state index in [1.165, 1.54) is 0 Å². The van der Waals surface area contributed by atoms with E-state index >= 15 is 0 Å². The van der Waals surface area contributed by atoms with E-state index in [0.29, 0.717) is 13.0 Å². The molecule has 0 aliphatic carbocycles. The molecule has 5 heteroatoms. The summed E-state index contributed by atoms with van der Waals surface area (Å²) in [5.41, 5.74) is 3.80. The number of pyridine rings is 1. The number of fused-ring (bicyclic) bond motifs is 1. The number of nitrogens with one attached hydrogen (secondary N) is 1. The number of anilines is 1. The third-order valence-corrected chi connectivity index (χ3v) is 5.76. The van der Waals surface area contributed by atoms with Gasteiger partial charge in [-0.15, -0.1) is 0 Å². The van der Waals surface area contributed by atoms with Gasteiger partial charge < -0.3 is 10.2 Å². The molecule has 5 nitrogen and oxygen atoms in total. The predicted octanol–water partition coefficient (Wildman–Crippen LogP) is 3.55. The first-order chi connectivity index (χ1) is 14.5. The lowest BCUT2D eigenvalue weighted by atomic mass is 9.73. The zero-order chi connectivity index (χ0) is 21.1. The van der Waals surface area contributed by atoms with E-state index in [9.17, 15) is 9.59 Å². The van der Waals surface area contributed by atoms with Crippen LogP contribution in [0, 0.1) is 6.92 Å². The van der Waals surface area contributed by atoms with Gasteiger partial charge in [-0.1, -0.05) is 48.5 Å². The maximum absolute atomic E-state index is 13.5. The normalized spacial score (nSPS) is 17.7. The third-order valence-electron chi connectivity index (χ3n) is 5.76. The van der Waals surface area contributed by atoms with Crippen molar-refractivity contribution < 1.29 is 9.59 Å². The minimum absolute atomic E-state index is 0.0394. The Morgan fingerprint density at radius 2 is 1.77 bits per heavy atom. The molecule has 30 heavy (non-hydrogen) atoms. The number of rotatable bonds is 6. The molecule has 0 radical (unpaired) electrons. The third kappa shape index (κ3) is 3.71. The summed E-state index contributed by atoms with van der Waals surface area (Å²) in [7, 11) is 1.78. The summed E-state index contributed by atoms with van der Waals surface area (Å²) >= 11 is 0. The largest absolute Gasteiger partial charge is 0.352 e. The fourth-order valence-corrected chi connectivity index (χ4v) is 4.32. The van der Waals surface area contributed by atoms with E-state index in [1.807, 2.05) is 73.7 Å². The first kappa shape index (κ1) is 19.8. The van der Waals surface area contributed by atoms with Gasteiger partial charge in [0.1, 0.15) is 0 Å². The Morgan fingerprint density at radius 1 is 1.03 bits per heavy atom. The van der Waals surface area contributed by atoms with Crippen molar-refractivity contribution in [3.8, 4) is 0 Å². The molecule has 3 aromatic rings. The van der Waals surface area contributed by atoms with Crippen LogP contribution in [0.25, 0.3) is 0 Å². The number of hydrogen-bond acceptors (Lipinski definition) is 3. The SMILES string of the molecule is Cc1cc(CNC(=O)C[C@]2(Cc3ccccc3)C(=O)N(C)c3ccccc32)ccn1. The van der Waals surface area contributed by atoms with Crippen molar-refractivity contribution in [2.75, 3.05) is 11.9 Å². The first-order valence-electron chi connectivity index (χ1n) is 10.1. The van der Waals surface area contributed by atoms with Gasteiger partial charge >= 0.3 is 0 Å². The van der Waals surface area contributed by atoms with Crippen molar-refractivity contribution in [3.63, 3.8) is 0 Å². The molecule has 0 spiro atoms. The number of carbonyl (C=O) groups excluding carboxylic acids is 2. The standard InChI is InChI=1S/C25H25N3O2/c1-18-14-20(12-13-26-18)17-27-23(29)16-25(15-19-8-4-3-5-9-19)21-10-6-7-11-22(21)28(2)24(25)30/h3-14H,15-17H2,1-2H3,(H,27,29)/t25-/m0/s1. The zero-order valence-corrected chi connectivity index (χ0v) is 17.3. The number of carbonyl (C=O) groups is 2. The van der Waals surface area contributed by atoms with Crippen LogP contribution in [0.2, 0.25) is 0 Å². The molecule has 0 unspecified atom stereocenters. The monoisotopic (exact) mass is 399 g/mol. The molecule has 1 N–H and O–H groups in total. The predicted molar refractivity (Wildman–Crippen MR) is 117 cm³/mol. The van der Waals surface area contributed by atoms with Crippen LogP contribution in [0.3, 0.4) is 0 Å². The van der Waals surface area contributed by atoms with Crippen molar-refractivity contribution in [2.45, 2.75) is 31.7 Å². The number of aryl methyl sites for hydroxylation is 1. The van der Waals surface area contributed by atoms with E-state index in [2.05, 4.69) is 10.3 Å². The lowest BCUT2D eigenvalue weighted by Gasteiger charge is -2.28. The van der Waals surface area contributed by atoms with Crippen molar-refractivity contribution in [2.24, 2.45) is 0 Å². The number of aromatic nitrogens is 1. The lowest BCUT2D eigenvalue weighted by molar-refractivity contribution is -0.129. The van der Waals surface area contributed by atoms with Crippen LogP contribution in [0.1, 0.15) is 28.8 Å². The van der Waals surface area contributed by atoms with Crippen LogP contribution in [-0.2, 0) is 28.0 Å². The number of para-hydroxylation sites is 1. The fraction of sp³-hybridized carbons (Fsp3) is 0.240. The summed E-state index contributed by atoms with van der Waals surface area (Å²) in [6.45, 7) is 2.33. The fourth-order valence-electron chi connectivity index (χ4n) is 4.32. The maximum atomic E-state index is 13.5. The summed E-state index contributed by atoms with van der Waals surface area (Å²) in [5.74, 6) is -0.179. The number of benzene rings is 2. The van der Waals surface area contributed by atoms with E-state index < -0.39 is 5.41 Å². The summed E-state index contributed by atoms with van der Waals surface area (Å²) in [5, 5.41) is 2.99. The summed E-state index contributed by atoms with van der Waals surface area (Å²) < 4.78 is 0. The molecule has 0 bridgehead atoms. The lowest BCUT2D eigenvalue weighted by Crippen LogP contribution is -2.44. The molecule has 0 saturated carbocycles. The van der Waals surface area contributed by atoms with Crippen LogP contribution in [-0.4, -0.2) is 23.8 Å². The van der Waals surface area contributed by atoms with Gasteiger partial charge in [0.15, 0.2) is 0 Å². The van der Waals surface area contributed by atoms with E-state index in [4.69, 9.17) is 0 Å². The molecule has 1 aliphatic rings. The number of hydrogen-bond donors (Lipinski definition) is 1. The van der Waals surface area contributed by atoms with E-state index in [-0.39, 0.29) is 18.2 Å². The molecule has 2 amide bonds. The highest BCUT2D eigenvalue weighted by molar-refractivity contribution is 6.09. The second-order valence-electron chi connectivity index (χ2n) is 7.88. The minimum Gasteiger partial charge on any atom is -0.352 e. The number of amides is 2. The molecule has 2 aromatic carbocycles. The van der Waals surface area contributed by atoms with E-state index in [1.54, 1.807) is 18.1 Å². The second-order valence-corrected chi connectivity index (χ2v) is 7.88. The van der Waals surface area contributed by atoms with Crippen molar-refractivity contribution in [1.82, 2.24) is 10.3 Å². The molecule has 1 atom stereocenters. The molecular formula is C25H25N3O2. The minimum atomic E-state index is -0.912. The Bertz CT molecular complexity index is 1080. The Balaban J connectivity index is 1.63. The molecule has 152 valence electrons. The van der Waals surface area contributed by atoms with Gasteiger partial charge in [-0.05, 0) is 48.2 Å². The van der Waals surface area contributed by atoms with Crippen molar-refractivity contribution in [1.29, 1.82) is 0 Å². The van der Waals surface area contributed by atoms with Crippen LogP contribution >= 0.6 is 0 Å². The summed E-state index contributed by atoms with van der Waals surface area (Å²) in [6, 6.07) is 21.5. The molecule has 1 aliphatic heterocycles. The van der Waals surface area contributed by atoms with Crippen LogP contribution < -0.4 is 10.2 Å². The zero-order valence-electron chi connectivity index (χ0n) is 17.3. The Morgan fingerprint density at radius 3 is 2.53 bits per heavy atom. The van der Waals surface area contributed by atoms with Gasteiger partial charge in [0.2, 0.25) is 11.8 Å². The highest BCUT2D eigenvalue weighted by Gasteiger charge is 2.50. The highest BCUT2D eigenvalue weighted by atomic mass is 16.2. The van der Waals surface area contributed by atoms with E-state index in [0.717, 1.165) is 28.1 Å². The van der Waals surface area contributed by atoms with Crippen LogP contribution in [0.15, 0.2) is 72.9 Å².